The Labute approximate surface area is 130 Å². The van der Waals surface area contributed by atoms with Gasteiger partial charge in [0.25, 0.3) is 11.8 Å². The Hall–Kier alpha value is -1.95. The molecule has 1 aliphatic rings. The Morgan fingerprint density at radius 3 is 2.57 bits per heavy atom. The molecule has 2 atom stereocenters. The van der Waals surface area contributed by atoms with Gasteiger partial charge in [-0.25, -0.2) is 4.98 Å². The highest BCUT2D eigenvalue weighted by Crippen LogP contribution is 2.26. The Morgan fingerprint density at radius 2 is 1.90 bits per heavy atom. The van der Waals surface area contributed by atoms with Crippen molar-refractivity contribution in [1.29, 1.82) is 0 Å². The number of amides is 2. The number of hydrazine groups is 1. The number of carbonyl (C=O) groups excluding carboxylic acids is 2. The largest absolute Gasteiger partial charge is 0.272 e. The quantitative estimate of drug-likeness (QED) is 0.849. The summed E-state index contributed by atoms with van der Waals surface area (Å²) in [6, 6.07) is 10.4. The molecule has 1 N–H and O–H groups in total. The number of hydrogen-bond donors (Lipinski definition) is 1. The minimum Gasteiger partial charge on any atom is -0.272 e. The molecule has 2 heterocycles. The summed E-state index contributed by atoms with van der Waals surface area (Å²) in [5.41, 5.74) is 3.52. The zero-order chi connectivity index (χ0) is 15.1. The van der Waals surface area contributed by atoms with Crippen LogP contribution in [-0.4, -0.2) is 21.8 Å². The number of aromatic nitrogens is 1. The summed E-state index contributed by atoms with van der Waals surface area (Å²) < 4.78 is 0.906. The number of imide groups is 1. The molecular formula is C15H13BrN3O2. The van der Waals surface area contributed by atoms with Crippen LogP contribution in [0.3, 0.4) is 0 Å². The maximum absolute atomic E-state index is 12.0. The molecular weight excluding hydrogens is 334 g/mol. The van der Waals surface area contributed by atoms with Crippen molar-refractivity contribution in [3.63, 3.8) is 0 Å². The van der Waals surface area contributed by atoms with E-state index in [0.29, 0.717) is 5.82 Å². The van der Waals surface area contributed by atoms with Gasteiger partial charge in [-0.05, 0) is 24.3 Å². The van der Waals surface area contributed by atoms with Gasteiger partial charge in [0.2, 0.25) is 0 Å². The first kappa shape index (κ1) is 14.0. The summed E-state index contributed by atoms with van der Waals surface area (Å²) in [5, 5.41) is 1.92. The van der Waals surface area contributed by atoms with Crippen molar-refractivity contribution in [3.8, 4) is 0 Å². The van der Waals surface area contributed by atoms with Gasteiger partial charge in [0.05, 0.1) is 5.52 Å². The van der Waals surface area contributed by atoms with E-state index in [2.05, 4.69) is 32.4 Å². The van der Waals surface area contributed by atoms with Gasteiger partial charge in [0.1, 0.15) is 5.82 Å². The number of nitrogens with zero attached hydrogens (tertiary/aromatic N) is 2. The third kappa shape index (κ3) is 2.40. The van der Waals surface area contributed by atoms with E-state index in [-0.39, 0.29) is 23.7 Å². The maximum atomic E-state index is 12.0. The molecule has 0 spiro atoms. The summed E-state index contributed by atoms with van der Waals surface area (Å²) in [5.74, 6) is -0.678. The van der Waals surface area contributed by atoms with Crippen LogP contribution in [-0.2, 0) is 9.59 Å². The van der Waals surface area contributed by atoms with Crippen molar-refractivity contribution in [2.75, 3.05) is 5.43 Å². The Morgan fingerprint density at radius 1 is 1.24 bits per heavy atom. The summed E-state index contributed by atoms with van der Waals surface area (Å²) in [6.07, 6.45) is 0. The lowest BCUT2D eigenvalue weighted by Gasteiger charge is -2.16. The van der Waals surface area contributed by atoms with Gasteiger partial charge in [0.15, 0.2) is 0 Å². The van der Waals surface area contributed by atoms with Crippen molar-refractivity contribution >= 4 is 44.5 Å². The number of halogens is 1. The van der Waals surface area contributed by atoms with Crippen LogP contribution >= 0.6 is 15.9 Å². The molecule has 2 amide bonds. The minimum atomic E-state index is -0.316. The lowest BCUT2D eigenvalue weighted by molar-refractivity contribution is -0.138. The van der Waals surface area contributed by atoms with Gasteiger partial charge < -0.3 is 0 Å². The fourth-order valence-corrected chi connectivity index (χ4v) is 2.60. The molecule has 1 aliphatic heterocycles. The number of carbonyl (C=O) groups is 2. The van der Waals surface area contributed by atoms with Crippen LogP contribution in [0.5, 0.6) is 0 Å². The normalized spacial score (nSPS) is 22.1. The molecule has 1 aromatic carbocycles. The van der Waals surface area contributed by atoms with Crippen LogP contribution in [0.15, 0.2) is 28.7 Å². The monoisotopic (exact) mass is 346 g/mol. The highest BCUT2D eigenvalue weighted by molar-refractivity contribution is 9.10. The second-order valence-corrected chi connectivity index (χ2v) is 6.06. The minimum absolute atomic E-state index is 0.233. The molecule has 1 aromatic heterocycles. The van der Waals surface area contributed by atoms with Gasteiger partial charge >= 0.3 is 0 Å². The fourth-order valence-electron chi connectivity index (χ4n) is 2.25. The van der Waals surface area contributed by atoms with E-state index in [9.17, 15) is 9.59 Å². The highest BCUT2D eigenvalue weighted by atomic mass is 79.9. The van der Waals surface area contributed by atoms with Crippen LogP contribution in [0.2, 0.25) is 0 Å². The number of nitrogens with one attached hydrogen (secondary N) is 1. The molecule has 5 nitrogen and oxygen atoms in total. The van der Waals surface area contributed by atoms with Gasteiger partial charge in [0, 0.05) is 21.7 Å². The van der Waals surface area contributed by atoms with Crippen LogP contribution in [0, 0.1) is 17.9 Å². The number of rotatable bonds is 2. The average molecular weight is 347 g/mol. The molecule has 107 valence electrons. The van der Waals surface area contributed by atoms with Crippen LogP contribution < -0.4 is 5.43 Å². The first-order chi connectivity index (χ1) is 9.97. The SMILES string of the molecule is CC1C(=O)N(Nc2c[c]c3ccc(Br)cc3n2)C(=O)C1C. The lowest BCUT2D eigenvalue weighted by atomic mass is 10.00. The molecule has 6 heteroatoms. The molecule has 1 saturated heterocycles. The molecule has 0 aliphatic carbocycles. The Kier molecular flexibility index (Phi) is 3.41. The predicted molar refractivity (Wildman–Crippen MR) is 82.1 cm³/mol. The molecule has 3 rings (SSSR count). The van der Waals surface area contributed by atoms with Crippen molar-refractivity contribution in [2.24, 2.45) is 11.8 Å². The number of hydrogen-bond acceptors (Lipinski definition) is 4. The number of anilines is 1. The zero-order valence-electron chi connectivity index (χ0n) is 11.6. The molecule has 1 radical (unpaired) electrons. The topological polar surface area (TPSA) is 62.3 Å². The molecule has 21 heavy (non-hydrogen) atoms. The standard InChI is InChI=1S/C15H13BrN3O2/c1-8-9(2)15(21)19(14(8)20)18-13-6-4-10-3-5-11(16)7-12(10)17-13/h3,5-9H,1-2H3,(H,17,18). The summed E-state index contributed by atoms with van der Waals surface area (Å²) in [4.78, 5) is 28.5. The van der Waals surface area contributed by atoms with E-state index in [1.165, 1.54) is 0 Å². The number of fused-ring (bicyclic) bond motifs is 1. The predicted octanol–water partition coefficient (Wildman–Crippen LogP) is 2.77. The molecule has 2 aromatic rings. The maximum Gasteiger partial charge on any atom is 0.251 e. The van der Waals surface area contributed by atoms with Crippen molar-refractivity contribution in [3.05, 3.63) is 34.8 Å². The first-order valence-electron chi connectivity index (χ1n) is 6.60. The molecule has 0 bridgehead atoms. The smallest absolute Gasteiger partial charge is 0.251 e. The average Bonchev–Trinajstić information content (AvgIpc) is 2.65. The van der Waals surface area contributed by atoms with Crippen molar-refractivity contribution in [1.82, 2.24) is 9.99 Å². The van der Waals surface area contributed by atoms with E-state index in [0.717, 1.165) is 20.4 Å². The zero-order valence-corrected chi connectivity index (χ0v) is 13.1. The third-order valence-corrected chi connectivity index (χ3v) is 4.25. The second kappa shape index (κ2) is 5.11. The van der Waals surface area contributed by atoms with E-state index < -0.39 is 0 Å². The van der Waals surface area contributed by atoms with Gasteiger partial charge in [-0.1, -0.05) is 35.8 Å². The number of benzene rings is 1. The van der Waals surface area contributed by atoms with Crippen LogP contribution in [0.4, 0.5) is 5.82 Å². The molecule has 1 fully saturated rings. The molecule has 2 unspecified atom stereocenters. The van der Waals surface area contributed by atoms with E-state index in [1.54, 1.807) is 19.9 Å². The van der Waals surface area contributed by atoms with Gasteiger partial charge in [-0.2, -0.15) is 5.01 Å². The summed E-state index contributed by atoms with van der Waals surface area (Å²) in [6.45, 7) is 3.51. The first-order valence-corrected chi connectivity index (χ1v) is 7.39. The Balaban J connectivity index is 1.91. The highest BCUT2D eigenvalue weighted by Gasteiger charge is 2.42. The summed E-state index contributed by atoms with van der Waals surface area (Å²) in [7, 11) is 0. The number of pyridine rings is 1. The van der Waals surface area contributed by atoms with Gasteiger partial charge in [-0.3, -0.25) is 15.0 Å². The second-order valence-electron chi connectivity index (χ2n) is 5.15. The third-order valence-electron chi connectivity index (χ3n) is 3.76. The van der Waals surface area contributed by atoms with Crippen LogP contribution in [0.1, 0.15) is 13.8 Å². The fraction of sp³-hybridized carbons (Fsp3) is 0.267. The van der Waals surface area contributed by atoms with Gasteiger partial charge in [-0.15, -0.1) is 0 Å². The van der Waals surface area contributed by atoms with Crippen LogP contribution in [0.25, 0.3) is 10.9 Å². The lowest BCUT2D eigenvalue weighted by Crippen LogP contribution is -2.36. The van der Waals surface area contributed by atoms with Crippen molar-refractivity contribution in [2.45, 2.75) is 13.8 Å². The van der Waals surface area contributed by atoms with E-state index >= 15 is 0 Å². The Bertz CT molecular complexity index is 727. The van der Waals surface area contributed by atoms with E-state index in [4.69, 9.17) is 0 Å². The van der Waals surface area contributed by atoms with Crippen molar-refractivity contribution < 1.29 is 9.59 Å². The molecule has 0 saturated carbocycles. The van der Waals surface area contributed by atoms with E-state index in [1.807, 2.05) is 18.2 Å². The summed E-state index contributed by atoms with van der Waals surface area (Å²) >= 11 is 3.39.